The van der Waals surface area contributed by atoms with E-state index in [2.05, 4.69) is 20.7 Å². The summed E-state index contributed by atoms with van der Waals surface area (Å²) in [5.41, 5.74) is 5.45. The largest absolute Gasteiger partial charge is 0.491 e. The van der Waals surface area contributed by atoms with E-state index in [1.807, 2.05) is 0 Å². The number of aliphatic hydroxyl groups is 1. The number of rotatable bonds is 3. The SMILES string of the molecule is COc1c(F)c(Br)cc(C(N)CO)c1F. The van der Waals surface area contributed by atoms with Gasteiger partial charge in [0.25, 0.3) is 0 Å². The van der Waals surface area contributed by atoms with Gasteiger partial charge in [0.05, 0.1) is 24.2 Å². The number of hydrogen-bond donors (Lipinski definition) is 2. The zero-order valence-corrected chi connectivity index (χ0v) is 9.51. The normalized spacial score (nSPS) is 12.7. The van der Waals surface area contributed by atoms with Crippen LogP contribution in [0.25, 0.3) is 0 Å². The van der Waals surface area contributed by atoms with E-state index in [1.165, 1.54) is 6.07 Å². The van der Waals surface area contributed by atoms with Crippen molar-refractivity contribution in [2.45, 2.75) is 6.04 Å². The van der Waals surface area contributed by atoms with Crippen LogP contribution in [0.4, 0.5) is 8.78 Å². The standard InChI is InChI=1S/C9H10BrF2NO2/c1-15-9-7(11)4(6(13)3-14)2-5(10)8(9)12/h2,6,14H,3,13H2,1H3. The summed E-state index contributed by atoms with van der Waals surface area (Å²) in [7, 11) is 1.15. The minimum absolute atomic E-state index is 0.00243. The van der Waals surface area contributed by atoms with E-state index in [0.717, 1.165) is 7.11 Å². The fourth-order valence-electron chi connectivity index (χ4n) is 1.15. The second-order valence-electron chi connectivity index (χ2n) is 2.90. The summed E-state index contributed by atoms with van der Waals surface area (Å²) in [4.78, 5) is 0. The number of ether oxygens (including phenoxy) is 1. The van der Waals surface area contributed by atoms with Gasteiger partial charge in [-0.3, -0.25) is 0 Å². The molecule has 1 aromatic carbocycles. The van der Waals surface area contributed by atoms with Crippen molar-refractivity contribution in [1.29, 1.82) is 0 Å². The van der Waals surface area contributed by atoms with E-state index in [9.17, 15) is 8.78 Å². The van der Waals surface area contributed by atoms with Gasteiger partial charge in [0.15, 0.2) is 17.4 Å². The first-order chi connectivity index (χ1) is 7.02. The number of benzene rings is 1. The molecule has 1 unspecified atom stereocenters. The molecule has 84 valence electrons. The molecule has 0 fully saturated rings. The average molecular weight is 282 g/mol. The highest BCUT2D eigenvalue weighted by molar-refractivity contribution is 9.10. The maximum absolute atomic E-state index is 13.6. The Morgan fingerprint density at radius 1 is 1.53 bits per heavy atom. The Morgan fingerprint density at radius 3 is 2.60 bits per heavy atom. The lowest BCUT2D eigenvalue weighted by Gasteiger charge is -2.13. The molecule has 0 bridgehead atoms. The van der Waals surface area contributed by atoms with Crippen molar-refractivity contribution in [3.63, 3.8) is 0 Å². The lowest BCUT2D eigenvalue weighted by molar-refractivity contribution is 0.263. The van der Waals surface area contributed by atoms with E-state index in [1.54, 1.807) is 0 Å². The van der Waals surface area contributed by atoms with Gasteiger partial charge in [-0.05, 0) is 22.0 Å². The van der Waals surface area contributed by atoms with E-state index in [0.29, 0.717) is 0 Å². The summed E-state index contributed by atoms with van der Waals surface area (Å²) >= 11 is 2.91. The van der Waals surface area contributed by atoms with Crippen molar-refractivity contribution < 1.29 is 18.6 Å². The number of aliphatic hydroxyl groups excluding tert-OH is 1. The molecule has 1 aromatic rings. The van der Waals surface area contributed by atoms with Gasteiger partial charge in [-0.15, -0.1) is 0 Å². The van der Waals surface area contributed by atoms with Crippen LogP contribution in [0.15, 0.2) is 10.5 Å². The van der Waals surface area contributed by atoms with Crippen LogP contribution in [0.5, 0.6) is 5.75 Å². The molecule has 0 aliphatic heterocycles. The molecule has 0 heterocycles. The van der Waals surface area contributed by atoms with Crippen molar-refractivity contribution in [3.05, 3.63) is 27.7 Å². The fraction of sp³-hybridized carbons (Fsp3) is 0.333. The molecule has 0 aliphatic carbocycles. The maximum Gasteiger partial charge on any atom is 0.191 e. The van der Waals surface area contributed by atoms with Gasteiger partial charge >= 0.3 is 0 Å². The van der Waals surface area contributed by atoms with Gasteiger partial charge in [-0.1, -0.05) is 0 Å². The molecular weight excluding hydrogens is 272 g/mol. The molecule has 0 amide bonds. The van der Waals surface area contributed by atoms with E-state index < -0.39 is 30.0 Å². The molecule has 0 aliphatic rings. The van der Waals surface area contributed by atoms with Crippen LogP contribution >= 0.6 is 15.9 Å². The summed E-state index contributed by atoms with van der Waals surface area (Å²) in [6.07, 6.45) is 0. The summed E-state index contributed by atoms with van der Waals surface area (Å²) in [5, 5.41) is 8.79. The van der Waals surface area contributed by atoms with Crippen LogP contribution in [0.2, 0.25) is 0 Å². The maximum atomic E-state index is 13.6. The molecule has 1 rings (SSSR count). The summed E-state index contributed by atoms with van der Waals surface area (Å²) < 4.78 is 31.5. The lowest BCUT2D eigenvalue weighted by atomic mass is 10.1. The molecule has 15 heavy (non-hydrogen) atoms. The molecule has 0 radical (unpaired) electrons. The third-order valence-corrected chi connectivity index (χ3v) is 2.52. The van der Waals surface area contributed by atoms with Crippen molar-refractivity contribution in [1.82, 2.24) is 0 Å². The Morgan fingerprint density at radius 2 is 2.13 bits per heavy atom. The topological polar surface area (TPSA) is 55.5 Å². The monoisotopic (exact) mass is 281 g/mol. The van der Waals surface area contributed by atoms with Crippen LogP contribution in [0, 0.1) is 11.6 Å². The van der Waals surface area contributed by atoms with Gasteiger partial charge in [0.2, 0.25) is 0 Å². The Balaban J connectivity index is 3.36. The third-order valence-electron chi connectivity index (χ3n) is 1.94. The quantitative estimate of drug-likeness (QED) is 0.830. The predicted octanol–water partition coefficient (Wildman–Crippen LogP) is 1.73. The molecular formula is C9H10BrF2NO2. The van der Waals surface area contributed by atoms with Crippen LogP contribution < -0.4 is 10.5 Å². The third kappa shape index (κ3) is 2.27. The van der Waals surface area contributed by atoms with Crippen LogP contribution in [-0.2, 0) is 0 Å². The Kier molecular flexibility index (Phi) is 4.01. The lowest BCUT2D eigenvalue weighted by Crippen LogP contribution is -2.17. The predicted molar refractivity (Wildman–Crippen MR) is 54.6 cm³/mol. The Bertz CT molecular complexity index is 374. The second-order valence-corrected chi connectivity index (χ2v) is 3.75. The zero-order chi connectivity index (χ0) is 11.6. The molecule has 0 saturated carbocycles. The summed E-state index contributed by atoms with van der Waals surface area (Å²) in [5.74, 6) is -2.23. The smallest absolute Gasteiger partial charge is 0.191 e. The summed E-state index contributed by atoms with van der Waals surface area (Å²) in [6, 6.07) is 0.282. The van der Waals surface area contributed by atoms with Crippen molar-refractivity contribution in [2.24, 2.45) is 5.73 Å². The fourth-order valence-corrected chi connectivity index (χ4v) is 1.57. The summed E-state index contributed by atoms with van der Waals surface area (Å²) in [6.45, 7) is -0.432. The van der Waals surface area contributed by atoms with Crippen LogP contribution in [0.1, 0.15) is 11.6 Å². The number of halogens is 3. The molecule has 6 heteroatoms. The highest BCUT2D eigenvalue weighted by Crippen LogP contribution is 2.32. The van der Waals surface area contributed by atoms with Crippen LogP contribution in [0.3, 0.4) is 0 Å². The first-order valence-electron chi connectivity index (χ1n) is 4.10. The zero-order valence-electron chi connectivity index (χ0n) is 7.93. The Labute approximate surface area is 94.0 Å². The number of nitrogens with two attached hydrogens (primary N) is 1. The Hall–Kier alpha value is -0.720. The number of hydrogen-bond acceptors (Lipinski definition) is 3. The van der Waals surface area contributed by atoms with E-state index in [4.69, 9.17) is 10.8 Å². The second kappa shape index (κ2) is 4.87. The molecule has 1 atom stereocenters. The first-order valence-corrected chi connectivity index (χ1v) is 4.90. The molecule has 0 spiro atoms. The molecule has 3 nitrogen and oxygen atoms in total. The van der Waals surface area contributed by atoms with Crippen molar-refractivity contribution in [3.8, 4) is 5.75 Å². The van der Waals surface area contributed by atoms with Gasteiger partial charge in [-0.2, -0.15) is 0 Å². The van der Waals surface area contributed by atoms with E-state index >= 15 is 0 Å². The molecule has 0 aromatic heterocycles. The van der Waals surface area contributed by atoms with Crippen molar-refractivity contribution >= 4 is 15.9 Å². The van der Waals surface area contributed by atoms with Gasteiger partial charge in [-0.25, -0.2) is 8.78 Å². The minimum atomic E-state index is -0.907. The van der Waals surface area contributed by atoms with Gasteiger partial charge < -0.3 is 15.6 Å². The average Bonchev–Trinajstić information content (AvgIpc) is 2.23. The highest BCUT2D eigenvalue weighted by Gasteiger charge is 2.21. The van der Waals surface area contributed by atoms with Gasteiger partial charge in [0.1, 0.15) is 0 Å². The molecule has 3 N–H and O–H groups in total. The first kappa shape index (κ1) is 12.4. The highest BCUT2D eigenvalue weighted by atomic mass is 79.9. The van der Waals surface area contributed by atoms with Gasteiger partial charge in [0, 0.05) is 5.56 Å². The van der Waals surface area contributed by atoms with E-state index in [-0.39, 0.29) is 10.0 Å². The molecule has 0 saturated heterocycles. The minimum Gasteiger partial charge on any atom is -0.491 e. The van der Waals surface area contributed by atoms with Crippen molar-refractivity contribution in [2.75, 3.05) is 13.7 Å². The van der Waals surface area contributed by atoms with Crippen LogP contribution in [-0.4, -0.2) is 18.8 Å². The number of methoxy groups -OCH3 is 1.